The lowest BCUT2D eigenvalue weighted by atomic mass is 10.2. The summed E-state index contributed by atoms with van der Waals surface area (Å²) in [5.41, 5.74) is 7.58. The Morgan fingerprint density at radius 3 is 2.57 bits per heavy atom. The number of hydrogen-bond acceptors (Lipinski definition) is 4. The molecule has 0 atom stereocenters. The first-order valence-electron chi connectivity index (χ1n) is 6.15. The minimum atomic E-state index is -3.71. The molecule has 0 spiro atoms. The van der Waals surface area contributed by atoms with Crippen molar-refractivity contribution in [2.24, 2.45) is 12.8 Å². The molecule has 0 saturated carbocycles. The number of sulfonamides is 1. The normalized spacial score (nSPS) is 11.4. The van der Waals surface area contributed by atoms with E-state index in [0.29, 0.717) is 22.6 Å². The summed E-state index contributed by atoms with van der Waals surface area (Å²) in [5, 5.41) is 4.12. The predicted molar refractivity (Wildman–Crippen MR) is 85.8 cm³/mol. The van der Waals surface area contributed by atoms with Crippen molar-refractivity contribution >= 4 is 32.9 Å². The molecule has 0 aliphatic rings. The van der Waals surface area contributed by atoms with Gasteiger partial charge in [0.2, 0.25) is 0 Å². The van der Waals surface area contributed by atoms with Gasteiger partial charge in [-0.1, -0.05) is 24.4 Å². The zero-order valence-corrected chi connectivity index (χ0v) is 13.5. The maximum Gasteiger partial charge on any atom is 0.265 e. The Bertz CT molecular complexity index is 810. The van der Waals surface area contributed by atoms with Crippen molar-refractivity contribution in [3.05, 3.63) is 41.2 Å². The van der Waals surface area contributed by atoms with E-state index < -0.39 is 10.0 Å². The fourth-order valence-corrected chi connectivity index (χ4v) is 3.70. The van der Waals surface area contributed by atoms with E-state index in [1.165, 1.54) is 4.68 Å². The Hall–Kier alpha value is -1.93. The highest BCUT2D eigenvalue weighted by atomic mass is 32.2. The van der Waals surface area contributed by atoms with Gasteiger partial charge in [0.15, 0.2) is 0 Å². The first kappa shape index (κ1) is 15.5. The average molecular weight is 324 g/mol. The van der Waals surface area contributed by atoms with Crippen molar-refractivity contribution in [1.29, 1.82) is 0 Å². The summed E-state index contributed by atoms with van der Waals surface area (Å²) in [4.78, 5) is 0.399. The zero-order chi connectivity index (χ0) is 15.8. The maximum atomic E-state index is 12.5. The molecule has 2 aromatic rings. The molecule has 3 N–H and O–H groups in total. The number of nitrogens with two attached hydrogens (primary N) is 1. The van der Waals surface area contributed by atoms with Crippen molar-refractivity contribution < 1.29 is 8.42 Å². The van der Waals surface area contributed by atoms with Gasteiger partial charge in [0.25, 0.3) is 10.0 Å². The number of aromatic nitrogens is 2. The van der Waals surface area contributed by atoms with Gasteiger partial charge in [-0.25, -0.2) is 8.42 Å². The van der Waals surface area contributed by atoms with Gasteiger partial charge in [-0.15, -0.1) is 0 Å². The van der Waals surface area contributed by atoms with Crippen molar-refractivity contribution in [2.75, 3.05) is 4.72 Å². The number of hydrogen-bond donors (Lipinski definition) is 2. The highest BCUT2D eigenvalue weighted by molar-refractivity contribution is 7.92. The van der Waals surface area contributed by atoms with Crippen LogP contribution in [0.4, 0.5) is 5.69 Å². The SMILES string of the molecule is Cc1nn(C)c(C)c1S(=O)(=O)Nc1cccc(C(N)=S)c1. The molecular formula is C13H16N4O2S2. The lowest BCUT2D eigenvalue weighted by molar-refractivity contribution is 0.599. The second kappa shape index (κ2) is 5.45. The van der Waals surface area contributed by atoms with Crippen LogP contribution in [0.5, 0.6) is 0 Å². The van der Waals surface area contributed by atoms with Gasteiger partial charge in [0, 0.05) is 18.3 Å². The van der Waals surface area contributed by atoms with Gasteiger partial charge in [-0.05, 0) is 26.0 Å². The summed E-state index contributed by atoms with van der Waals surface area (Å²) in [5.74, 6) is 0. The minimum Gasteiger partial charge on any atom is -0.389 e. The molecule has 1 aromatic heterocycles. The van der Waals surface area contributed by atoms with Crippen molar-refractivity contribution in [3.63, 3.8) is 0 Å². The summed E-state index contributed by atoms with van der Waals surface area (Å²) in [6, 6.07) is 6.65. The number of benzene rings is 1. The molecule has 0 amide bonds. The van der Waals surface area contributed by atoms with Crippen LogP contribution >= 0.6 is 12.2 Å². The largest absolute Gasteiger partial charge is 0.389 e. The predicted octanol–water partition coefficient (Wildman–Crippen LogP) is 1.47. The summed E-state index contributed by atoms with van der Waals surface area (Å²) in [7, 11) is -2.01. The molecule has 2 rings (SSSR count). The van der Waals surface area contributed by atoms with E-state index in [4.69, 9.17) is 18.0 Å². The number of nitrogens with zero attached hydrogens (tertiary/aromatic N) is 2. The lowest BCUT2D eigenvalue weighted by Gasteiger charge is -2.09. The number of thiocarbonyl (C=S) groups is 1. The quantitative estimate of drug-likeness (QED) is 0.831. The molecule has 0 saturated heterocycles. The van der Waals surface area contributed by atoms with Crippen LogP contribution in [-0.4, -0.2) is 23.2 Å². The second-order valence-corrected chi connectivity index (χ2v) is 6.73. The molecule has 1 aromatic carbocycles. The summed E-state index contributed by atoms with van der Waals surface area (Å²) in [6.07, 6.45) is 0. The van der Waals surface area contributed by atoms with Crippen LogP contribution in [0.25, 0.3) is 0 Å². The van der Waals surface area contributed by atoms with E-state index in [9.17, 15) is 8.42 Å². The highest BCUT2D eigenvalue weighted by Crippen LogP contribution is 2.22. The van der Waals surface area contributed by atoms with Crippen LogP contribution < -0.4 is 10.5 Å². The maximum absolute atomic E-state index is 12.5. The molecule has 8 heteroatoms. The van der Waals surface area contributed by atoms with Crippen molar-refractivity contribution in [3.8, 4) is 0 Å². The van der Waals surface area contributed by atoms with E-state index >= 15 is 0 Å². The Balaban J connectivity index is 2.42. The Morgan fingerprint density at radius 2 is 2.05 bits per heavy atom. The van der Waals surface area contributed by atoms with E-state index in [-0.39, 0.29) is 9.88 Å². The number of nitrogens with one attached hydrogen (secondary N) is 1. The highest BCUT2D eigenvalue weighted by Gasteiger charge is 2.23. The third kappa shape index (κ3) is 3.06. The van der Waals surface area contributed by atoms with Gasteiger partial charge in [0.05, 0.1) is 11.4 Å². The van der Waals surface area contributed by atoms with Crippen LogP contribution in [0.3, 0.4) is 0 Å². The van der Waals surface area contributed by atoms with Crippen LogP contribution in [-0.2, 0) is 17.1 Å². The smallest absolute Gasteiger partial charge is 0.265 e. The van der Waals surface area contributed by atoms with E-state index in [0.717, 1.165) is 0 Å². The fourth-order valence-electron chi connectivity index (χ4n) is 2.09. The lowest BCUT2D eigenvalue weighted by Crippen LogP contribution is -2.16. The summed E-state index contributed by atoms with van der Waals surface area (Å²) in [6.45, 7) is 3.37. The number of rotatable bonds is 4. The summed E-state index contributed by atoms with van der Waals surface area (Å²) >= 11 is 4.89. The van der Waals surface area contributed by atoms with Gasteiger partial charge < -0.3 is 5.73 Å². The zero-order valence-electron chi connectivity index (χ0n) is 11.9. The molecule has 1 heterocycles. The van der Waals surface area contributed by atoms with Gasteiger partial charge >= 0.3 is 0 Å². The first-order valence-corrected chi connectivity index (χ1v) is 8.04. The van der Waals surface area contributed by atoms with Gasteiger partial charge in [-0.2, -0.15) is 5.10 Å². The molecule has 112 valence electrons. The Labute approximate surface area is 129 Å². The Kier molecular flexibility index (Phi) is 4.02. The number of aryl methyl sites for hydroxylation is 2. The Morgan fingerprint density at radius 1 is 1.38 bits per heavy atom. The molecule has 0 bridgehead atoms. The summed E-state index contributed by atoms with van der Waals surface area (Å²) < 4.78 is 29.1. The second-order valence-electron chi connectivity index (χ2n) is 4.67. The first-order chi connectivity index (χ1) is 9.72. The van der Waals surface area contributed by atoms with Crippen molar-refractivity contribution in [1.82, 2.24) is 9.78 Å². The molecule has 0 unspecified atom stereocenters. The molecule has 21 heavy (non-hydrogen) atoms. The molecule has 6 nitrogen and oxygen atoms in total. The van der Waals surface area contributed by atoms with E-state index in [2.05, 4.69) is 9.82 Å². The van der Waals surface area contributed by atoms with E-state index in [1.54, 1.807) is 45.2 Å². The van der Waals surface area contributed by atoms with Crippen LogP contribution in [0.2, 0.25) is 0 Å². The third-order valence-electron chi connectivity index (χ3n) is 3.11. The molecular weight excluding hydrogens is 308 g/mol. The van der Waals surface area contributed by atoms with Crippen molar-refractivity contribution in [2.45, 2.75) is 18.7 Å². The molecule has 0 radical (unpaired) electrons. The minimum absolute atomic E-state index is 0.186. The molecule has 0 aliphatic heterocycles. The van der Waals surface area contributed by atoms with Gasteiger partial charge in [0.1, 0.15) is 9.88 Å². The fraction of sp³-hybridized carbons (Fsp3) is 0.231. The monoisotopic (exact) mass is 324 g/mol. The average Bonchev–Trinajstić information content (AvgIpc) is 2.63. The molecule has 0 fully saturated rings. The van der Waals surface area contributed by atoms with Gasteiger partial charge in [-0.3, -0.25) is 9.40 Å². The van der Waals surface area contributed by atoms with Crippen LogP contribution in [0, 0.1) is 13.8 Å². The van der Waals surface area contributed by atoms with Crippen LogP contribution in [0.15, 0.2) is 29.2 Å². The number of anilines is 1. The third-order valence-corrected chi connectivity index (χ3v) is 4.98. The topological polar surface area (TPSA) is 90.0 Å². The van der Waals surface area contributed by atoms with E-state index in [1.807, 2.05) is 0 Å². The molecule has 0 aliphatic carbocycles. The standard InChI is InChI=1S/C13H16N4O2S2/c1-8-12(9(2)17(3)15-8)21(18,19)16-11-6-4-5-10(7-11)13(14)20/h4-7,16H,1-3H3,(H2,14,20). The van der Waals surface area contributed by atoms with Crippen LogP contribution in [0.1, 0.15) is 17.0 Å².